The van der Waals surface area contributed by atoms with Crippen LogP contribution >= 0.6 is 35.0 Å². The molecule has 3 N–H and O–H groups in total. The van der Waals surface area contributed by atoms with Crippen molar-refractivity contribution in [3.05, 3.63) is 52.1 Å². The Kier molecular flexibility index (Phi) is 6.43. The van der Waals surface area contributed by atoms with Gasteiger partial charge in [-0.25, -0.2) is 13.5 Å². The smallest absolute Gasteiger partial charge is 0.129 e. The fraction of sp³-hybridized carbons (Fsp3) is 0.294. The summed E-state index contributed by atoms with van der Waals surface area (Å²) in [5, 5.41) is 21.0. The zero-order valence-corrected chi connectivity index (χ0v) is 17.2. The van der Waals surface area contributed by atoms with Crippen molar-refractivity contribution in [3.63, 3.8) is 0 Å². The summed E-state index contributed by atoms with van der Waals surface area (Å²) in [5.41, 5.74) is 4.98. The third-order valence-electron chi connectivity index (χ3n) is 4.22. The maximum Gasteiger partial charge on any atom is 0.129 e. The van der Waals surface area contributed by atoms with Gasteiger partial charge in [-0.05, 0) is 30.3 Å². The number of halogens is 2. The number of thioether (sulfide) groups is 1. The maximum atomic E-state index is 13.0. The number of nitriles is 1. The predicted molar refractivity (Wildman–Crippen MR) is 107 cm³/mol. The van der Waals surface area contributed by atoms with Crippen molar-refractivity contribution in [3.8, 4) is 6.07 Å². The number of nitrogens with two attached hydrogens (primary N) is 1. The highest BCUT2D eigenvalue weighted by Gasteiger charge is 2.47. The Bertz CT molecular complexity index is 907. The van der Waals surface area contributed by atoms with E-state index < -0.39 is 16.6 Å². The molecule has 2 unspecified atom stereocenters. The highest BCUT2D eigenvalue weighted by Crippen LogP contribution is 2.37. The van der Waals surface area contributed by atoms with Crippen molar-refractivity contribution >= 4 is 45.9 Å². The van der Waals surface area contributed by atoms with E-state index in [0.29, 0.717) is 27.1 Å². The van der Waals surface area contributed by atoms with Crippen molar-refractivity contribution in [1.82, 2.24) is 9.29 Å². The van der Waals surface area contributed by atoms with Crippen LogP contribution in [0.4, 0.5) is 0 Å². The summed E-state index contributed by atoms with van der Waals surface area (Å²) < 4.78 is 14.6. The lowest BCUT2D eigenvalue weighted by atomic mass is 10.0. The molecule has 142 valence electrons. The lowest BCUT2D eigenvalue weighted by Crippen LogP contribution is -2.47. The Labute approximate surface area is 173 Å². The molecule has 0 bridgehead atoms. The normalized spacial score (nSPS) is 23.9. The van der Waals surface area contributed by atoms with E-state index in [1.807, 2.05) is 6.07 Å². The Balaban J connectivity index is 1.81. The molecular formula is C17H16Cl2N4O2S2. The van der Waals surface area contributed by atoms with Crippen molar-refractivity contribution in [2.45, 2.75) is 20.8 Å². The molecule has 0 radical (unpaired) electrons. The topological polar surface area (TPSA) is 103 Å². The third kappa shape index (κ3) is 4.46. The number of pyridine rings is 1. The number of rotatable bonds is 5. The highest BCUT2D eigenvalue weighted by molar-refractivity contribution is 8.00. The molecule has 1 aliphatic heterocycles. The van der Waals surface area contributed by atoms with Crippen LogP contribution in [0, 0.1) is 11.3 Å². The van der Waals surface area contributed by atoms with Gasteiger partial charge in [0.2, 0.25) is 0 Å². The zero-order valence-electron chi connectivity index (χ0n) is 14.0. The predicted octanol–water partition coefficient (Wildman–Crippen LogP) is 2.45. The maximum absolute atomic E-state index is 13.0. The van der Waals surface area contributed by atoms with Crippen LogP contribution in [0.2, 0.25) is 10.0 Å². The summed E-state index contributed by atoms with van der Waals surface area (Å²) in [6.07, 6.45) is 1.53. The van der Waals surface area contributed by atoms with Crippen LogP contribution in [0.3, 0.4) is 0 Å². The Morgan fingerprint density at radius 3 is 2.81 bits per heavy atom. The molecule has 1 aliphatic rings. The fourth-order valence-corrected chi connectivity index (χ4v) is 5.82. The molecule has 1 fully saturated rings. The summed E-state index contributed by atoms with van der Waals surface area (Å²) in [5.74, 6) is 0. The van der Waals surface area contributed by atoms with Crippen LogP contribution in [0.15, 0.2) is 46.5 Å². The minimum Gasteiger partial charge on any atom is -0.386 e. The summed E-state index contributed by atoms with van der Waals surface area (Å²) in [6, 6.07) is 10.1. The highest BCUT2D eigenvalue weighted by atomic mass is 35.5. The quantitative estimate of drug-likeness (QED) is 0.736. The van der Waals surface area contributed by atoms with Crippen LogP contribution in [-0.2, 0) is 11.0 Å². The first-order valence-electron chi connectivity index (χ1n) is 7.93. The molecule has 0 aliphatic carbocycles. The number of hydrogen-bond donors (Lipinski definition) is 2. The number of aliphatic hydroxyl groups is 1. The van der Waals surface area contributed by atoms with Gasteiger partial charge in [-0.3, -0.25) is 0 Å². The summed E-state index contributed by atoms with van der Waals surface area (Å²) in [7, 11) is -1.59. The Hall–Kier alpha value is -1.18. The Morgan fingerprint density at radius 2 is 2.22 bits per heavy atom. The van der Waals surface area contributed by atoms with Gasteiger partial charge in [0.15, 0.2) is 0 Å². The second-order valence-corrected chi connectivity index (χ2v) is 9.58. The molecule has 1 aromatic heterocycles. The van der Waals surface area contributed by atoms with Crippen molar-refractivity contribution < 1.29 is 9.32 Å². The van der Waals surface area contributed by atoms with Crippen LogP contribution in [0.5, 0.6) is 0 Å². The number of β-amino-alcohol motifs (C(OH)–C–C–N with tert-alkyl or cyclic N) is 1. The molecule has 1 saturated heterocycles. The molecule has 1 aromatic carbocycles. The Morgan fingerprint density at radius 1 is 1.44 bits per heavy atom. The minimum atomic E-state index is -1.59. The summed E-state index contributed by atoms with van der Waals surface area (Å²) in [6.45, 7) is 0.496. The van der Waals surface area contributed by atoms with E-state index in [1.54, 1.807) is 28.6 Å². The molecule has 3 atom stereocenters. The second kappa shape index (κ2) is 8.45. The SMILES string of the molecule is N#Cc1ccc(S(=O)N2C[C@H](Sc3ccc(Cl)cn3)C(O)(CN)C2)c(Cl)c1. The average molecular weight is 443 g/mol. The van der Waals surface area contributed by atoms with Crippen LogP contribution in [0.1, 0.15) is 5.56 Å². The van der Waals surface area contributed by atoms with Gasteiger partial charge in [0.25, 0.3) is 0 Å². The lowest BCUT2D eigenvalue weighted by molar-refractivity contribution is 0.0701. The van der Waals surface area contributed by atoms with Crippen molar-refractivity contribution in [2.75, 3.05) is 19.6 Å². The van der Waals surface area contributed by atoms with Crippen LogP contribution < -0.4 is 5.73 Å². The summed E-state index contributed by atoms with van der Waals surface area (Å²) in [4.78, 5) is 4.63. The van der Waals surface area contributed by atoms with E-state index >= 15 is 0 Å². The van der Waals surface area contributed by atoms with Crippen LogP contribution in [-0.4, -0.2) is 49.1 Å². The lowest BCUT2D eigenvalue weighted by Gasteiger charge is -2.26. The van der Waals surface area contributed by atoms with Crippen molar-refractivity contribution in [2.24, 2.45) is 5.73 Å². The first-order chi connectivity index (χ1) is 12.9. The molecule has 0 amide bonds. The average Bonchev–Trinajstić information content (AvgIpc) is 3.00. The number of hydrogen-bond acceptors (Lipinski definition) is 6. The van der Waals surface area contributed by atoms with Gasteiger partial charge in [0.05, 0.1) is 36.8 Å². The molecule has 6 nitrogen and oxygen atoms in total. The largest absolute Gasteiger partial charge is 0.386 e. The first kappa shape index (κ1) is 20.6. The summed E-state index contributed by atoms with van der Waals surface area (Å²) >= 11 is 13.4. The molecule has 0 saturated carbocycles. The molecular weight excluding hydrogens is 427 g/mol. The molecule has 2 heterocycles. The van der Waals surface area contributed by atoms with Crippen LogP contribution in [0.25, 0.3) is 0 Å². The van der Waals surface area contributed by atoms with E-state index in [9.17, 15) is 9.32 Å². The fourth-order valence-electron chi connectivity index (χ4n) is 2.72. The van der Waals surface area contributed by atoms with Gasteiger partial charge < -0.3 is 10.8 Å². The molecule has 27 heavy (non-hydrogen) atoms. The van der Waals surface area contributed by atoms with Gasteiger partial charge in [-0.2, -0.15) is 5.26 Å². The molecule has 2 aromatic rings. The third-order valence-corrected chi connectivity index (χ3v) is 7.70. The number of aromatic nitrogens is 1. The number of nitrogens with zero attached hydrogens (tertiary/aromatic N) is 3. The molecule has 3 rings (SSSR count). The van der Waals surface area contributed by atoms with Gasteiger partial charge in [0, 0.05) is 25.8 Å². The molecule has 0 spiro atoms. The van der Waals surface area contributed by atoms with Gasteiger partial charge in [0.1, 0.15) is 16.6 Å². The monoisotopic (exact) mass is 442 g/mol. The number of benzene rings is 1. The molecule has 10 heteroatoms. The van der Waals surface area contributed by atoms with E-state index in [2.05, 4.69) is 4.98 Å². The van der Waals surface area contributed by atoms with E-state index in [0.717, 1.165) is 0 Å². The zero-order chi connectivity index (χ0) is 19.6. The minimum absolute atomic E-state index is 0.0209. The van der Waals surface area contributed by atoms with E-state index in [-0.39, 0.29) is 23.4 Å². The van der Waals surface area contributed by atoms with Gasteiger partial charge in [-0.1, -0.05) is 35.0 Å². The van der Waals surface area contributed by atoms with Gasteiger partial charge in [-0.15, -0.1) is 0 Å². The van der Waals surface area contributed by atoms with Gasteiger partial charge >= 0.3 is 0 Å². The second-order valence-electron chi connectivity index (χ2n) is 6.06. The van der Waals surface area contributed by atoms with E-state index in [4.69, 9.17) is 34.2 Å². The standard InChI is InChI=1S/C17H16Cl2N4O2S2/c18-12-2-4-16(22-7-12)26-15-8-23(10-17(15,24)9-21)27(25)14-3-1-11(6-20)5-13(14)19/h1-5,7,15,24H,8-10,21H2/t15-,17?,27?/m0/s1. The first-order valence-corrected chi connectivity index (χ1v) is 10.7. The van der Waals surface area contributed by atoms with E-state index in [1.165, 1.54) is 24.0 Å². The van der Waals surface area contributed by atoms with Crippen molar-refractivity contribution in [1.29, 1.82) is 5.26 Å².